The lowest BCUT2D eigenvalue weighted by molar-refractivity contribution is -0.140. The summed E-state index contributed by atoms with van der Waals surface area (Å²) >= 11 is 0. The second-order valence-corrected chi connectivity index (χ2v) is 5.01. The molecule has 0 atom stereocenters. The third-order valence-electron chi connectivity index (χ3n) is 3.52. The Hall–Kier alpha value is -1.52. The van der Waals surface area contributed by atoms with Crippen LogP contribution in [0.15, 0.2) is 11.8 Å². The van der Waals surface area contributed by atoms with Gasteiger partial charge >= 0.3 is 11.8 Å². The standard InChI is InChI=1S/C13H21N3O2/c17-12(14-10-6-2-1-3-7-10)13(18)16-15-11-8-4-5-9-11/h8,10,15H,1-7,9H2,(H,14,17)(H,16,18). The van der Waals surface area contributed by atoms with Crippen LogP contribution < -0.4 is 16.2 Å². The SMILES string of the molecule is O=C(NNC1=CCCC1)C(=O)NC1CCCCC1. The van der Waals surface area contributed by atoms with E-state index >= 15 is 0 Å². The molecule has 100 valence electrons. The van der Waals surface area contributed by atoms with E-state index < -0.39 is 11.8 Å². The Labute approximate surface area is 107 Å². The molecule has 5 nitrogen and oxygen atoms in total. The summed E-state index contributed by atoms with van der Waals surface area (Å²) in [5.41, 5.74) is 6.24. The minimum atomic E-state index is -0.603. The highest BCUT2D eigenvalue weighted by atomic mass is 16.2. The first-order chi connectivity index (χ1) is 8.75. The number of allylic oxidation sites excluding steroid dienone is 2. The van der Waals surface area contributed by atoms with Gasteiger partial charge in [-0.05, 0) is 32.1 Å². The number of rotatable bonds is 3. The highest BCUT2D eigenvalue weighted by molar-refractivity contribution is 6.35. The summed E-state index contributed by atoms with van der Waals surface area (Å²) in [6.45, 7) is 0. The predicted octanol–water partition coefficient (Wildman–Crippen LogP) is 1.12. The molecule has 0 heterocycles. The average molecular weight is 251 g/mol. The van der Waals surface area contributed by atoms with Gasteiger partial charge in [0.25, 0.3) is 0 Å². The summed E-state index contributed by atoms with van der Waals surface area (Å²) in [5, 5.41) is 2.78. The molecule has 0 saturated heterocycles. The van der Waals surface area contributed by atoms with Gasteiger partial charge in [-0.25, -0.2) is 0 Å². The lowest BCUT2D eigenvalue weighted by atomic mass is 9.95. The molecule has 0 aromatic heterocycles. The Morgan fingerprint density at radius 1 is 1.06 bits per heavy atom. The van der Waals surface area contributed by atoms with Crippen LogP contribution in [-0.4, -0.2) is 17.9 Å². The van der Waals surface area contributed by atoms with E-state index in [9.17, 15) is 9.59 Å². The zero-order chi connectivity index (χ0) is 12.8. The molecule has 0 aromatic carbocycles. The van der Waals surface area contributed by atoms with Crippen LogP contribution in [-0.2, 0) is 9.59 Å². The number of hydrogen-bond acceptors (Lipinski definition) is 3. The summed E-state index contributed by atoms with van der Waals surface area (Å²) in [7, 11) is 0. The molecule has 1 fully saturated rings. The maximum atomic E-state index is 11.6. The molecule has 0 aliphatic heterocycles. The number of carbonyl (C=O) groups is 2. The van der Waals surface area contributed by atoms with Crippen molar-refractivity contribution in [1.29, 1.82) is 0 Å². The Morgan fingerprint density at radius 2 is 1.83 bits per heavy atom. The zero-order valence-electron chi connectivity index (χ0n) is 10.6. The first-order valence-corrected chi connectivity index (χ1v) is 6.81. The second-order valence-electron chi connectivity index (χ2n) is 5.01. The minimum absolute atomic E-state index is 0.169. The first kappa shape index (κ1) is 12.9. The molecule has 5 heteroatoms. The van der Waals surface area contributed by atoms with Crippen LogP contribution in [0.25, 0.3) is 0 Å². The van der Waals surface area contributed by atoms with Gasteiger partial charge in [0.1, 0.15) is 0 Å². The van der Waals surface area contributed by atoms with Gasteiger partial charge in [-0.1, -0.05) is 25.3 Å². The smallest absolute Gasteiger partial charge is 0.327 e. The molecule has 2 aliphatic carbocycles. The minimum Gasteiger partial charge on any atom is -0.345 e. The van der Waals surface area contributed by atoms with E-state index in [2.05, 4.69) is 16.2 Å². The van der Waals surface area contributed by atoms with Crippen molar-refractivity contribution in [3.8, 4) is 0 Å². The molecule has 2 amide bonds. The summed E-state index contributed by atoms with van der Waals surface area (Å²) in [6, 6.07) is 0.169. The van der Waals surface area contributed by atoms with Crippen LogP contribution in [0, 0.1) is 0 Å². The lowest BCUT2D eigenvalue weighted by Gasteiger charge is -2.22. The van der Waals surface area contributed by atoms with Crippen molar-refractivity contribution in [3.05, 3.63) is 11.8 Å². The van der Waals surface area contributed by atoms with Crippen molar-refractivity contribution < 1.29 is 9.59 Å². The van der Waals surface area contributed by atoms with Crippen molar-refractivity contribution in [2.75, 3.05) is 0 Å². The maximum Gasteiger partial charge on any atom is 0.327 e. The van der Waals surface area contributed by atoms with Crippen molar-refractivity contribution in [2.24, 2.45) is 0 Å². The van der Waals surface area contributed by atoms with Gasteiger partial charge in [-0.2, -0.15) is 0 Å². The van der Waals surface area contributed by atoms with Gasteiger partial charge in [0.15, 0.2) is 0 Å². The fourth-order valence-corrected chi connectivity index (χ4v) is 2.48. The molecule has 1 saturated carbocycles. The molecule has 2 rings (SSSR count). The molecular formula is C13H21N3O2. The Bertz CT molecular complexity index is 346. The number of amides is 2. The monoisotopic (exact) mass is 251 g/mol. The van der Waals surface area contributed by atoms with Crippen LogP contribution in [0.1, 0.15) is 51.4 Å². The van der Waals surface area contributed by atoms with E-state index in [1.54, 1.807) is 0 Å². The molecular weight excluding hydrogens is 230 g/mol. The fourth-order valence-electron chi connectivity index (χ4n) is 2.48. The van der Waals surface area contributed by atoms with E-state index in [0.29, 0.717) is 0 Å². The van der Waals surface area contributed by atoms with Gasteiger partial charge < -0.3 is 10.7 Å². The first-order valence-electron chi connectivity index (χ1n) is 6.81. The van der Waals surface area contributed by atoms with Crippen LogP contribution in [0.4, 0.5) is 0 Å². The normalized spacial score (nSPS) is 20.1. The third kappa shape index (κ3) is 3.75. The van der Waals surface area contributed by atoms with Gasteiger partial charge in [-0.15, -0.1) is 0 Å². The van der Waals surface area contributed by atoms with Gasteiger partial charge in [0, 0.05) is 11.7 Å². The van der Waals surface area contributed by atoms with Crippen molar-refractivity contribution >= 4 is 11.8 Å². The molecule has 2 aliphatic rings. The number of nitrogens with one attached hydrogen (secondary N) is 3. The summed E-state index contributed by atoms with van der Waals surface area (Å²) in [6.07, 6.45) is 10.6. The topological polar surface area (TPSA) is 70.2 Å². The van der Waals surface area contributed by atoms with E-state index in [1.165, 1.54) is 6.42 Å². The summed E-state index contributed by atoms with van der Waals surface area (Å²) < 4.78 is 0. The van der Waals surface area contributed by atoms with Gasteiger partial charge in [0.05, 0.1) is 0 Å². The molecule has 0 aromatic rings. The fraction of sp³-hybridized carbons (Fsp3) is 0.692. The Kier molecular flexibility index (Phi) is 4.61. The molecule has 0 radical (unpaired) electrons. The Morgan fingerprint density at radius 3 is 2.50 bits per heavy atom. The Balaban J connectivity index is 1.69. The third-order valence-corrected chi connectivity index (χ3v) is 3.52. The maximum absolute atomic E-state index is 11.6. The van der Waals surface area contributed by atoms with Gasteiger partial charge in [-0.3, -0.25) is 15.0 Å². The van der Waals surface area contributed by atoms with Crippen LogP contribution in [0.3, 0.4) is 0 Å². The van der Waals surface area contributed by atoms with E-state index in [4.69, 9.17) is 0 Å². The zero-order valence-corrected chi connectivity index (χ0v) is 10.6. The average Bonchev–Trinajstić information content (AvgIpc) is 2.90. The molecule has 0 unspecified atom stereocenters. The number of hydrazine groups is 1. The van der Waals surface area contributed by atoms with E-state index in [0.717, 1.165) is 50.6 Å². The lowest BCUT2D eigenvalue weighted by Crippen LogP contribution is -2.48. The van der Waals surface area contributed by atoms with E-state index in [1.807, 2.05) is 6.08 Å². The van der Waals surface area contributed by atoms with Crippen LogP contribution in [0.2, 0.25) is 0 Å². The van der Waals surface area contributed by atoms with Crippen LogP contribution >= 0.6 is 0 Å². The molecule has 0 bridgehead atoms. The van der Waals surface area contributed by atoms with Crippen molar-refractivity contribution in [2.45, 2.75) is 57.4 Å². The van der Waals surface area contributed by atoms with E-state index in [-0.39, 0.29) is 6.04 Å². The van der Waals surface area contributed by atoms with Crippen molar-refractivity contribution in [1.82, 2.24) is 16.2 Å². The summed E-state index contributed by atoms with van der Waals surface area (Å²) in [4.78, 5) is 23.2. The quantitative estimate of drug-likeness (QED) is 0.520. The van der Waals surface area contributed by atoms with Crippen LogP contribution in [0.5, 0.6) is 0 Å². The summed E-state index contributed by atoms with van der Waals surface area (Å²) in [5.74, 6) is -1.14. The highest BCUT2D eigenvalue weighted by Gasteiger charge is 2.20. The predicted molar refractivity (Wildman–Crippen MR) is 68.2 cm³/mol. The highest BCUT2D eigenvalue weighted by Crippen LogP contribution is 2.17. The molecule has 18 heavy (non-hydrogen) atoms. The molecule has 0 spiro atoms. The van der Waals surface area contributed by atoms with Gasteiger partial charge in [0.2, 0.25) is 0 Å². The largest absolute Gasteiger partial charge is 0.345 e. The number of hydrogen-bond donors (Lipinski definition) is 3. The number of carbonyl (C=O) groups excluding carboxylic acids is 2. The second kappa shape index (κ2) is 6.42. The molecule has 3 N–H and O–H groups in total. The van der Waals surface area contributed by atoms with Crippen molar-refractivity contribution in [3.63, 3.8) is 0 Å².